The van der Waals surface area contributed by atoms with E-state index in [1.807, 2.05) is 0 Å². The Balaban J connectivity index is 1.72. The highest BCUT2D eigenvalue weighted by atomic mass is 35.5. The number of ether oxygens (including phenoxy) is 1. The van der Waals surface area contributed by atoms with Gasteiger partial charge < -0.3 is 15.0 Å². The predicted octanol–water partition coefficient (Wildman–Crippen LogP) is -0.249. The molecule has 1 aromatic rings. The summed E-state index contributed by atoms with van der Waals surface area (Å²) in [6, 6.07) is 5.09. The van der Waals surface area contributed by atoms with Crippen LogP contribution in [0.2, 0.25) is 5.02 Å². The van der Waals surface area contributed by atoms with Gasteiger partial charge in [-0.2, -0.15) is 11.1 Å². The molecule has 2 amide bonds. The maximum atomic E-state index is 12.7. The third-order valence-electron chi connectivity index (χ3n) is 3.70. The average Bonchev–Trinajstić information content (AvgIpc) is 3.01. The van der Waals surface area contributed by atoms with Crippen LogP contribution in [0.1, 0.15) is 20.3 Å². The number of carbonyl (C=O) groups is 2. The number of rotatable bonds is 4. The van der Waals surface area contributed by atoms with Crippen LogP contribution in [-0.2, 0) is 9.59 Å². The lowest BCUT2D eigenvalue weighted by atomic mass is 10.0. The van der Waals surface area contributed by atoms with Crippen LogP contribution in [0.25, 0.3) is 0 Å². The van der Waals surface area contributed by atoms with E-state index in [4.69, 9.17) is 16.3 Å². The number of halogens is 1. The fourth-order valence-corrected chi connectivity index (χ4v) is 2.70. The van der Waals surface area contributed by atoms with E-state index in [1.165, 1.54) is 4.90 Å². The molecule has 0 aliphatic carbocycles. The smallest absolute Gasteiger partial charge is 0.270 e. The summed E-state index contributed by atoms with van der Waals surface area (Å²) in [6.45, 7) is 3.62. The number of carbonyl (C=O) groups excluding carboxylic acids is 2. The molecule has 2 aliphatic heterocycles. The van der Waals surface area contributed by atoms with Crippen LogP contribution in [0.5, 0.6) is 5.75 Å². The van der Waals surface area contributed by atoms with E-state index < -0.39 is 11.9 Å². The van der Waals surface area contributed by atoms with Crippen molar-refractivity contribution in [2.24, 2.45) is 0 Å². The molecule has 2 heterocycles. The number of fused-ring (bicyclic) bond motifs is 1. The molecule has 0 unspecified atom stereocenters. The summed E-state index contributed by atoms with van der Waals surface area (Å²) < 4.78 is 5.74. The van der Waals surface area contributed by atoms with Crippen molar-refractivity contribution in [3.8, 4) is 5.75 Å². The minimum Gasteiger partial charge on any atom is -0.476 e. The van der Waals surface area contributed by atoms with Gasteiger partial charge in [0.05, 0.1) is 5.69 Å². The van der Waals surface area contributed by atoms with Gasteiger partial charge in [-0.1, -0.05) is 11.6 Å². The van der Waals surface area contributed by atoms with Crippen LogP contribution in [0, 0.1) is 0 Å². The Labute approximate surface area is 143 Å². The van der Waals surface area contributed by atoms with Gasteiger partial charge in [-0.15, -0.1) is 0 Å². The molecule has 2 aliphatic rings. The Bertz CT molecular complexity index is 662. The van der Waals surface area contributed by atoms with Crippen molar-refractivity contribution in [2.45, 2.75) is 32.2 Å². The van der Waals surface area contributed by atoms with E-state index in [2.05, 4.69) is 27.2 Å². The summed E-state index contributed by atoms with van der Waals surface area (Å²) in [5, 5.41) is 3.20. The number of nitrogens with one attached hydrogen (secondary N) is 5. The first-order chi connectivity index (χ1) is 11.4. The van der Waals surface area contributed by atoms with Gasteiger partial charge in [0.15, 0.2) is 11.9 Å². The van der Waals surface area contributed by atoms with Crippen LogP contribution in [-0.4, -0.2) is 30.2 Å². The average molecular weight is 355 g/mol. The second-order valence-corrected chi connectivity index (χ2v) is 6.41. The molecule has 130 valence electrons. The molecular formula is C14H19ClN6O3. The maximum absolute atomic E-state index is 12.7. The number of hydrogen-bond donors (Lipinski definition) is 5. The largest absolute Gasteiger partial charge is 0.476 e. The molecular weight excluding hydrogens is 336 g/mol. The summed E-state index contributed by atoms with van der Waals surface area (Å²) in [7, 11) is 0. The molecule has 1 fully saturated rings. The second kappa shape index (κ2) is 6.54. The summed E-state index contributed by atoms with van der Waals surface area (Å²) in [5.41, 5.74) is 10.3. The van der Waals surface area contributed by atoms with Gasteiger partial charge in [0.25, 0.3) is 5.91 Å². The molecule has 24 heavy (non-hydrogen) atoms. The highest BCUT2D eigenvalue weighted by Crippen LogP contribution is 2.39. The fourth-order valence-electron chi connectivity index (χ4n) is 2.53. The highest BCUT2D eigenvalue weighted by Gasteiger charge is 2.41. The second-order valence-electron chi connectivity index (χ2n) is 5.97. The first-order valence-corrected chi connectivity index (χ1v) is 7.85. The minimum atomic E-state index is -1.00. The molecule has 3 rings (SSSR count). The Morgan fingerprint density at radius 2 is 2.08 bits per heavy atom. The molecule has 0 spiro atoms. The normalized spacial score (nSPS) is 19.8. The Kier molecular flexibility index (Phi) is 4.61. The highest BCUT2D eigenvalue weighted by molar-refractivity contribution is 6.31. The van der Waals surface area contributed by atoms with Crippen molar-refractivity contribution in [2.75, 3.05) is 11.4 Å². The van der Waals surface area contributed by atoms with Crippen LogP contribution in [0.4, 0.5) is 5.69 Å². The van der Waals surface area contributed by atoms with Gasteiger partial charge in [-0.25, -0.2) is 10.9 Å². The minimum absolute atomic E-state index is 0.133. The van der Waals surface area contributed by atoms with Crippen molar-refractivity contribution in [3.05, 3.63) is 23.2 Å². The molecule has 9 nitrogen and oxygen atoms in total. The molecule has 0 atom stereocenters. The van der Waals surface area contributed by atoms with Gasteiger partial charge in [0, 0.05) is 18.0 Å². The number of hydrazine groups is 3. The number of nitrogens with zero attached hydrogens (tertiary/aromatic N) is 1. The van der Waals surface area contributed by atoms with Crippen molar-refractivity contribution in [3.63, 3.8) is 0 Å². The SMILES string of the molecule is CC1(C)Oc2ccc(Cl)cc2N(CCC(=O)NC2NNNN2)C1=O. The predicted molar refractivity (Wildman–Crippen MR) is 87.6 cm³/mol. The van der Waals surface area contributed by atoms with Crippen molar-refractivity contribution in [1.82, 2.24) is 27.2 Å². The van der Waals surface area contributed by atoms with Gasteiger partial charge in [-0.05, 0) is 32.0 Å². The molecule has 0 saturated carbocycles. The summed E-state index contributed by atoms with van der Waals surface area (Å²) in [5.74, 6) is 0.133. The molecule has 1 saturated heterocycles. The van der Waals surface area contributed by atoms with Gasteiger partial charge >= 0.3 is 0 Å². The van der Waals surface area contributed by atoms with Crippen LogP contribution in [0.15, 0.2) is 18.2 Å². The monoisotopic (exact) mass is 354 g/mol. The van der Waals surface area contributed by atoms with E-state index in [1.54, 1.807) is 32.0 Å². The fraction of sp³-hybridized carbons (Fsp3) is 0.429. The standard InChI is InChI=1S/C14H19ClN6O3/c1-14(2)12(23)21(9-7-8(15)3-4-10(9)24-14)6-5-11(22)16-13-17-19-20-18-13/h3-4,7,13,17-20H,5-6H2,1-2H3,(H,16,22). The zero-order valence-electron chi connectivity index (χ0n) is 13.3. The van der Waals surface area contributed by atoms with Crippen molar-refractivity contribution >= 4 is 29.1 Å². The third-order valence-corrected chi connectivity index (χ3v) is 3.94. The van der Waals surface area contributed by atoms with Gasteiger partial charge in [0.2, 0.25) is 5.91 Å². The zero-order valence-corrected chi connectivity index (χ0v) is 14.0. The molecule has 10 heteroatoms. The van der Waals surface area contributed by atoms with Gasteiger partial charge in [0.1, 0.15) is 5.75 Å². The van der Waals surface area contributed by atoms with Crippen LogP contribution in [0.3, 0.4) is 0 Å². The molecule has 1 aromatic carbocycles. The van der Waals surface area contributed by atoms with E-state index in [-0.39, 0.29) is 24.8 Å². The number of anilines is 1. The summed E-state index contributed by atoms with van der Waals surface area (Å²) in [4.78, 5) is 26.2. The Morgan fingerprint density at radius 1 is 1.38 bits per heavy atom. The van der Waals surface area contributed by atoms with E-state index in [0.29, 0.717) is 16.5 Å². The number of benzene rings is 1. The molecule has 5 N–H and O–H groups in total. The lowest BCUT2D eigenvalue weighted by molar-refractivity contribution is -0.132. The lowest BCUT2D eigenvalue weighted by Gasteiger charge is -2.38. The van der Waals surface area contributed by atoms with E-state index in [9.17, 15) is 9.59 Å². The topological polar surface area (TPSA) is 107 Å². The molecule has 0 aromatic heterocycles. The van der Waals surface area contributed by atoms with Crippen LogP contribution < -0.4 is 36.9 Å². The first kappa shape index (κ1) is 16.9. The molecule has 0 radical (unpaired) electrons. The Morgan fingerprint density at radius 3 is 2.79 bits per heavy atom. The molecule has 0 bridgehead atoms. The lowest BCUT2D eigenvalue weighted by Crippen LogP contribution is -2.54. The Hall–Kier alpha value is -1.91. The van der Waals surface area contributed by atoms with Crippen molar-refractivity contribution in [1.29, 1.82) is 0 Å². The number of hydrogen-bond acceptors (Lipinski definition) is 7. The van der Waals surface area contributed by atoms with Gasteiger partial charge in [-0.3, -0.25) is 9.59 Å². The third kappa shape index (κ3) is 3.45. The quantitative estimate of drug-likeness (QED) is 0.507. The summed E-state index contributed by atoms with van der Waals surface area (Å²) in [6.07, 6.45) is -0.302. The zero-order chi connectivity index (χ0) is 17.3. The number of amides is 2. The first-order valence-electron chi connectivity index (χ1n) is 7.48. The van der Waals surface area contributed by atoms with Crippen LogP contribution >= 0.6 is 11.6 Å². The van der Waals surface area contributed by atoms with Crippen molar-refractivity contribution < 1.29 is 14.3 Å². The maximum Gasteiger partial charge on any atom is 0.270 e. The van der Waals surface area contributed by atoms with E-state index in [0.717, 1.165) is 0 Å². The summed E-state index contributed by atoms with van der Waals surface area (Å²) >= 11 is 6.03. The van der Waals surface area contributed by atoms with E-state index >= 15 is 0 Å².